The lowest BCUT2D eigenvalue weighted by atomic mass is 9.76. The predicted molar refractivity (Wildman–Crippen MR) is 82.3 cm³/mol. The van der Waals surface area contributed by atoms with Crippen LogP contribution in [0.25, 0.3) is 6.08 Å². The van der Waals surface area contributed by atoms with E-state index in [-0.39, 0.29) is 30.8 Å². The molecule has 1 aromatic heterocycles. The molecule has 3 rings (SSSR count). The fourth-order valence-corrected chi connectivity index (χ4v) is 3.34. The lowest BCUT2D eigenvalue weighted by molar-refractivity contribution is -0.136. The highest BCUT2D eigenvalue weighted by Gasteiger charge is 2.33. The first-order chi connectivity index (χ1) is 11.0. The topological polar surface area (TPSA) is 97.0 Å². The van der Waals surface area contributed by atoms with Gasteiger partial charge in [-0.25, -0.2) is 4.79 Å². The summed E-state index contributed by atoms with van der Waals surface area (Å²) in [5.41, 5.74) is 0.867. The Kier molecular flexibility index (Phi) is 4.26. The van der Waals surface area contributed by atoms with Gasteiger partial charge in [0.1, 0.15) is 29.6 Å². The maximum Gasteiger partial charge on any atom is 0.347 e. The Bertz CT molecular complexity index is 702. The van der Waals surface area contributed by atoms with Gasteiger partial charge in [-0.1, -0.05) is 6.92 Å². The molecule has 0 amide bonds. The van der Waals surface area contributed by atoms with Crippen LogP contribution in [0.4, 0.5) is 0 Å². The summed E-state index contributed by atoms with van der Waals surface area (Å²) >= 11 is 0. The van der Waals surface area contributed by atoms with Gasteiger partial charge in [0.05, 0.1) is 0 Å². The maximum atomic E-state index is 12.0. The molecule has 23 heavy (non-hydrogen) atoms. The smallest absolute Gasteiger partial charge is 0.347 e. The lowest BCUT2D eigenvalue weighted by Crippen LogP contribution is -2.34. The van der Waals surface area contributed by atoms with Crippen molar-refractivity contribution in [2.45, 2.75) is 38.7 Å². The molecule has 1 aliphatic heterocycles. The van der Waals surface area contributed by atoms with Gasteiger partial charge in [-0.15, -0.1) is 0 Å². The summed E-state index contributed by atoms with van der Waals surface area (Å²) in [7, 11) is 0. The van der Waals surface area contributed by atoms with Crippen LogP contribution in [-0.4, -0.2) is 28.9 Å². The zero-order valence-electron chi connectivity index (χ0n) is 12.9. The van der Waals surface area contributed by atoms with Crippen LogP contribution in [0.5, 0.6) is 5.75 Å². The summed E-state index contributed by atoms with van der Waals surface area (Å²) in [6.45, 7) is 2.18. The van der Waals surface area contributed by atoms with Crippen LogP contribution in [-0.2, 0) is 11.2 Å². The van der Waals surface area contributed by atoms with Crippen LogP contribution in [0.15, 0.2) is 20.9 Å². The van der Waals surface area contributed by atoms with Crippen molar-refractivity contribution in [2.24, 2.45) is 11.8 Å². The summed E-state index contributed by atoms with van der Waals surface area (Å²) in [5.74, 6) is 0.0136. The average Bonchev–Trinajstić information content (AvgIpc) is 2.51. The van der Waals surface area contributed by atoms with E-state index in [4.69, 9.17) is 14.3 Å². The van der Waals surface area contributed by atoms with E-state index in [0.29, 0.717) is 17.2 Å². The van der Waals surface area contributed by atoms with Gasteiger partial charge in [0, 0.05) is 12.7 Å². The summed E-state index contributed by atoms with van der Waals surface area (Å²) < 4.78 is 11.0. The number of ether oxygens (including phenoxy) is 1. The van der Waals surface area contributed by atoms with E-state index >= 15 is 0 Å². The third-order valence-corrected chi connectivity index (χ3v) is 4.75. The summed E-state index contributed by atoms with van der Waals surface area (Å²) in [4.78, 5) is 22.8. The lowest BCUT2D eigenvalue weighted by Gasteiger charge is -2.36. The maximum absolute atomic E-state index is 12.0. The standard InChI is InChI=1S/C17H20O6/c1-9(8-18)10-2-3-11-4-13-15(23-14(11)5-10)6-12(7-16(19)20)22-17(13)21/h4,6,9-10,14,18H,2-3,5,7-8H2,1H3,(H,19,20)/t9?,10-,14-/m0/s1. The highest BCUT2D eigenvalue weighted by atomic mass is 16.5. The molecule has 6 heteroatoms. The van der Waals surface area contributed by atoms with Gasteiger partial charge in [-0.2, -0.15) is 0 Å². The number of hydrogen-bond acceptors (Lipinski definition) is 5. The van der Waals surface area contributed by atoms with E-state index in [1.807, 2.05) is 13.0 Å². The zero-order valence-corrected chi connectivity index (χ0v) is 12.9. The largest absolute Gasteiger partial charge is 0.485 e. The second-order valence-corrected chi connectivity index (χ2v) is 6.37. The van der Waals surface area contributed by atoms with Crippen molar-refractivity contribution in [3.63, 3.8) is 0 Å². The van der Waals surface area contributed by atoms with Crippen LogP contribution in [0.1, 0.15) is 37.5 Å². The van der Waals surface area contributed by atoms with Gasteiger partial charge in [0.25, 0.3) is 0 Å². The Balaban J connectivity index is 1.88. The molecule has 6 nitrogen and oxygen atoms in total. The first kappa shape index (κ1) is 15.8. The summed E-state index contributed by atoms with van der Waals surface area (Å²) in [5, 5.41) is 18.2. The number of fused-ring (bicyclic) bond motifs is 2. The van der Waals surface area contributed by atoms with Gasteiger partial charge in [0.2, 0.25) is 0 Å². The first-order valence-corrected chi connectivity index (χ1v) is 7.84. The van der Waals surface area contributed by atoms with E-state index in [1.165, 1.54) is 6.07 Å². The van der Waals surface area contributed by atoms with Crippen LogP contribution in [0.3, 0.4) is 0 Å². The van der Waals surface area contributed by atoms with Gasteiger partial charge in [0.15, 0.2) is 0 Å². The minimum absolute atomic E-state index is 0.0918. The molecule has 0 bridgehead atoms. The number of aliphatic hydroxyl groups excluding tert-OH is 1. The van der Waals surface area contributed by atoms with Crippen molar-refractivity contribution < 1.29 is 24.2 Å². The third-order valence-electron chi connectivity index (χ3n) is 4.75. The molecule has 1 fully saturated rings. The van der Waals surface area contributed by atoms with Crippen LogP contribution in [0.2, 0.25) is 0 Å². The molecule has 0 spiro atoms. The molecule has 1 aromatic rings. The monoisotopic (exact) mass is 320 g/mol. The summed E-state index contributed by atoms with van der Waals surface area (Å²) in [6.07, 6.45) is 3.94. The Hall–Kier alpha value is -2.08. The highest BCUT2D eigenvalue weighted by Crippen LogP contribution is 2.40. The Morgan fingerprint density at radius 1 is 1.48 bits per heavy atom. The van der Waals surface area contributed by atoms with Crippen molar-refractivity contribution >= 4 is 12.0 Å². The molecule has 1 saturated carbocycles. The second-order valence-electron chi connectivity index (χ2n) is 6.37. The number of aliphatic hydroxyl groups is 1. The molecule has 2 aliphatic rings. The van der Waals surface area contributed by atoms with E-state index in [1.54, 1.807) is 0 Å². The SMILES string of the molecule is CC(CO)[C@H]1CCC2=Cc3c(cc(CC(=O)O)oc3=O)O[C@H]2C1. The van der Waals surface area contributed by atoms with Crippen molar-refractivity contribution in [1.82, 2.24) is 0 Å². The predicted octanol–water partition coefficient (Wildman–Crippen LogP) is 1.84. The number of carboxylic acid groups (broad SMARTS) is 1. The minimum Gasteiger partial charge on any atom is -0.485 e. The quantitative estimate of drug-likeness (QED) is 0.878. The molecule has 0 saturated heterocycles. The molecule has 1 aliphatic carbocycles. The molecule has 124 valence electrons. The van der Waals surface area contributed by atoms with Crippen molar-refractivity contribution in [1.29, 1.82) is 0 Å². The molecule has 1 unspecified atom stereocenters. The average molecular weight is 320 g/mol. The second kappa shape index (κ2) is 6.20. The number of hydrogen-bond donors (Lipinski definition) is 2. The number of aliphatic carboxylic acids is 1. The molecular weight excluding hydrogens is 300 g/mol. The Labute approximate surface area is 133 Å². The van der Waals surface area contributed by atoms with Gasteiger partial charge in [-0.05, 0) is 42.7 Å². The van der Waals surface area contributed by atoms with Gasteiger partial charge < -0.3 is 19.4 Å². The fourth-order valence-electron chi connectivity index (χ4n) is 3.34. The molecular formula is C17H20O6. The van der Waals surface area contributed by atoms with Gasteiger partial charge >= 0.3 is 11.6 Å². The first-order valence-electron chi connectivity index (χ1n) is 7.84. The normalized spacial score (nSPS) is 24.0. The van der Waals surface area contributed by atoms with Crippen molar-refractivity contribution in [3.8, 4) is 5.75 Å². The summed E-state index contributed by atoms with van der Waals surface area (Å²) in [6, 6.07) is 1.50. The van der Waals surface area contributed by atoms with Crippen LogP contribution >= 0.6 is 0 Å². The zero-order chi connectivity index (χ0) is 16.6. The van der Waals surface area contributed by atoms with Crippen LogP contribution < -0.4 is 10.4 Å². The number of rotatable bonds is 4. The van der Waals surface area contributed by atoms with E-state index in [0.717, 1.165) is 24.8 Å². The highest BCUT2D eigenvalue weighted by molar-refractivity contribution is 5.70. The van der Waals surface area contributed by atoms with Crippen LogP contribution in [0, 0.1) is 11.8 Å². The Morgan fingerprint density at radius 2 is 2.26 bits per heavy atom. The van der Waals surface area contributed by atoms with E-state index < -0.39 is 11.6 Å². The van der Waals surface area contributed by atoms with Gasteiger partial charge in [-0.3, -0.25) is 4.79 Å². The van der Waals surface area contributed by atoms with Crippen molar-refractivity contribution in [3.05, 3.63) is 33.4 Å². The fraction of sp³-hybridized carbons (Fsp3) is 0.529. The van der Waals surface area contributed by atoms with E-state index in [2.05, 4.69) is 0 Å². The number of carbonyl (C=O) groups is 1. The molecule has 0 radical (unpaired) electrons. The minimum atomic E-state index is -1.06. The molecule has 2 N–H and O–H groups in total. The molecule has 0 aromatic carbocycles. The third kappa shape index (κ3) is 3.17. The number of carboxylic acids is 1. The Morgan fingerprint density at radius 3 is 2.96 bits per heavy atom. The molecule has 2 heterocycles. The van der Waals surface area contributed by atoms with Crippen molar-refractivity contribution in [2.75, 3.05) is 6.61 Å². The van der Waals surface area contributed by atoms with E-state index in [9.17, 15) is 14.7 Å². The molecule has 3 atom stereocenters.